The second kappa shape index (κ2) is 8.98. The highest BCUT2D eigenvalue weighted by Gasteiger charge is 2.35. The monoisotopic (exact) mass is 362 g/mol. The van der Waals surface area contributed by atoms with Crippen LogP contribution in [0.15, 0.2) is 29.3 Å². The van der Waals surface area contributed by atoms with Gasteiger partial charge in [-0.25, -0.2) is 0 Å². The van der Waals surface area contributed by atoms with Gasteiger partial charge >= 0.3 is 0 Å². The molecule has 0 aromatic heterocycles. The standard InChI is InChI=1S/C19H30N4O3/c1-19(2,3)17-15(8-6-10-26-17)13-22-18(20-4)21-12-14-7-5-9-16(11-14)23(24)25/h5,7,9,11,15,17H,6,8,10,12-13H2,1-4H3,(H2,20,21,22). The van der Waals surface area contributed by atoms with Gasteiger partial charge in [0, 0.05) is 44.8 Å². The van der Waals surface area contributed by atoms with E-state index in [0.717, 1.165) is 31.6 Å². The van der Waals surface area contributed by atoms with E-state index in [0.29, 0.717) is 18.4 Å². The largest absolute Gasteiger partial charge is 0.377 e. The fourth-order valence-electron chi connectivity index (χ4n) is 3.42. The first-order valence-corrected chi connectivity index (χ1v) is 9.10. The molecule has 1 aliphatic heterocycles. The van der Waals surface area contributed by atoms with E-state index in [1.807, 2.05) is 6.07 Å². The van der Waals surface area contributed by atoms with E-state index in [2.05, 4.69) is 36.4 Å². The molecule has 0 aliphatic carbocycles. The molecule has 1 aliphatic rings. The summed E-state index contributed by atoms with van der Waals surface area (Å²) in [6.07, 6.45) is 2.44. The number of nitrogens with one attached hydrogen (secondary N) is 2. The van der Waals surface area contributed by atoms with Crippen LogP contribution in [0.1, 0.15) is 39.2 Å². The van der Waals surface area contributed by atoms with Gasteiger partial charge in [-0.2, -0.15) is 0 Å². The zero-order valence-corrected chi connectivity index (χ0v) is 16.1. The summed E-state index contributed by atoms with van der Waals surface area (Å²) in [7, 11) is 1.72. The van der Waals surface area contributed by atoms with Crippen LogP contribution in [-0.2, 0) is 11.3 Å². The maximum absolute atomic E-state index is 10.9. The van der Waals surface area contributed by atoms with Crippen molar-refractivity contribution in [2.45, 2.75) is 46.3 Å². The molecule has 1 fully saturated rings. The Kier molecular flexibility index (Phi) is 6.97. The molecule has 1 aromatic rings. The Hall–Kier alpha value is -2.15. The van der Waals surface area contributed by atoms with Crippen molar-refractivity contribution >= 4 is 11.6 Å². The summed E-state index contributed by atoms with van der Waals surface area (Å²) in [4.78, 5) is 14.7. The number of ether oxygens (including phenoxy) is 1. The average Bonchev–Trinajstić information content (AvgIpc) is 2.61. The molecule has 7 nitrogen and oxygen atoms in total. The van der Waals surface area contributed by atoms with Gasteiger partial charge in [0.2, 0.25) is 0 Å². The van der Waals surface area contributed by atoms with Crippen LogP contribution in [0.3, 0.4) is 0 Å². The number of aliphatic imine (C=N–C) groups is 1. The number of nitro groups is 1. The summed E-state index contributed by atoms with van der Waals surface area (Å²) in [5.74, 6) is 1.12. The topological polar surface area (TPSA) is 88.8 Å². The molecule has 0 spiro atoms. The highest BCUT2D eigenvalue weighted by molar-refractivity contribution is 5.79. The van der Waals surface area contributed by atoms with Crippen LogP contribution in [0, 0.1) is 21.4 Å². The first-order chi connectivity index (χ1) is 12.3. The van der Waals surface area contributed by atoms with Crippen molar-refractivity contribution in [3.63, 3.8) is 0 Å². The lowest BCUT2D eigenvalue weighted by Crippen LogP contribution is -2.47. The van der Waals surface area contributed by atoms with Crippen molar-refractivity contribution < 1.29 is 9.66 Å². The van der Waals surface area contributed by atoms with Crippen molar-refractivity contribution in [3.05, 3.63) is 39.9 Å². The Morgan fingerprint density at radius 2 is 2.15 bits per heavy atom. The van der Waals surface area contributed by atoms with E-state index in [-0.39, 0.29) is 22.1 Å². The number of guanidine groups is 1. The predicted octanol–water partition coefficient (Wildman–Crippen LogP) is 3.10. The van der Waals surface area contributed by atoms with Crippen LogP contribution >= 0.6 is 0 Å². The minimum absolute atomic E-state index is 0.0969. The summed E-state index contributed by atoms with van der Waals surface area (Å²) in [5, 5.41) is 17.5. The van der Waals surface area contributed by atoms with Gasteiger partial charge in [0.25, 0.3) is 5.69 Å². The van der Waals surface area contributed by atoms with Gasteiger partial charge in [-0.15, -0.1) is 0 Å². The Labute approximate surface area is 155 Å². The van der Waals surface area contributed by atoms with Crippen molar-refractivity contribution in [1.82, 2.24) is 10.6 Å². The minimum atomic E-state index is -0.383. The summed E-state index contributed by atoms with van der Waals surface area (Å²) < 4.78 is 6.02. The van der Waals surface area contributed by atoms with Crippen molar-refractivity contribution in [2.75, 3.05) is 20.2 Å². The first kappa shape index (κ1) is 20.2. The number of hydrogen-bond acceptors (Lipinski definition) is 4. The van der Waals surface area contributed by atoms with E-state index < -0.39 is 0 Å². The fraction of sp³-hybridized carbons (Fsp3) is 0.632. The molecule has 0 amide bonds. The van der Waals surface area contributed by atoms with Crippen LogP contribution in [0.5, 0.6) is 0 Å². The molecule has 7 heteroatoms. The summed E-state index contributed by atoms with van der Waals surface area (Å²) in [6.45, 7) is 8.74. The van der Waals surface area contributed by atoms with Crippen LogP contribution in [0.25, 0.3) is 0 Å². The highest BCUT2D eigenvalue weighted by atomic mass is 16.6. The lowest BCUT2D eigenvalue weighted by molar-refractivity contribution is -0.384. The molecule has 144 valence electrons. The van der Waals surface area contributed by atoms with Gasteiger partial charge in [0.15, 0.2) is 5.96 Å². The second-order valence-corrected chi connectivity index (χ2v) is 7.79. The molecular weight excluding hydrogens is 332 g/mol. The molecular formula is C19H30N4O3. The molecule has 2 N–H and O–H groups in total. The Bertz CT molecular complexity index is 640. The Morgan fingerprint density at radius 3 is 2.81 bits per heavy atom. The zero-order chi connectivity index (χ0) is 19.2. The van der Waals surface area contributed by atoms with Gasteiger partial charge in [-0.05, 0) is 23.8 Å². The smallest absolute Gasteiger partial charge is 0.269 e. The normalized spacial score (nSPS) is 21.3. The van der Waals surface area contributed by atoms with E-state index in [1.54, 1.807) is 19.2 Å². The predicted molar refractivity (Wildman–Crippen MR) is 103 cm³/mol. The molecule has 1 saturated heterocycles. The third-order valence-electron chi connectivity index (χ3n) is 4.64. The number of hydrogen-bond donors (Lipinski definition) is 2. The van der Waals surface area contributed by atoms with Crippen LogP contribution in [0.4, 0.5) is 5.69 Å². The lowest BCUT2D eigenvalue weighted by Gasteiger charge is -2.40. The summed E-state index contributed by atoms with van der Waals surface area (Å²) in [6, 6.07) is 6.62. The lowest BCUT2D eigenvalue weighted by atomic mass is 9.78. The van der Waals surface area contributed by atoms with E-state index >= 15 is 0 Å². The number of nitrogens with zero attached hydrogens (tertiary/aromatic N) is 2. The van der Waals surface area contributed by atoms with Gasteiger partial charge < -0.3 is 15.4 Å². The average molecular weight is 362 g/mol. The summed E-state index contributed by atoms with van der Waals surface area (Å²) in [5.41, 5.74) is 1.04. The third kappa shape index (κ3) is 5.69. The molecule has 1 aromatic carbocycles. The number of nitro benzene ring substituents is 1. The van der Waals surface area contributed by atoms with Crippen LogP contribution in [-0.4, -0.2) is 37.2 Å². The first-order valence-electron chi connectivity index (χ1n) is 9.10. The second-order valence-electron chi connectivity index (χ2n) is 7.79. The van der Waals surface area contributed by atoms with Gasteiger partial charge in [-0.1, -0.05) is 32.9 Å². The summed E-state index contributed by atoms with van der Waals surface area (Å²) >= 11 is 0. The molecule has 1 heterocycles. The SMILES string of the molecule is CN=C(NCc1cccc([N+](=O)[O-])c1)NCC1CCCOC1C(C)(C)C. The van der Waals surface area contributed by atoms with Gasteiger partial charge in [0.1, 0.15) is 0 Å². The minimum Gasteiger partial charge on any atom is -0.377 e. The molecule has 0 radical (unpaired) electrons. The molecule has 2 atom stereocenters. The molecule has 0 saturated carbocycles. The van der Waals surface area contributed by atoms with Crippen molar-refractivity contribution in [3.8, 4) is 0 Å². The molecule has 2 rings (SSSR count). The van der Waals surface area contributed by atoms with Crippen molar-refractivity contribution in [2.24, 2.45) is 16.3 Å². The van der Waals surface area contributed by atoms with Crippen molar-refractivity contribution in [1.29, 1.82) is 0 Å². The number of rotatable bonds is 5. The van der Waals surface area contributed by atoms with E-state index in [1.165, 1.54) is 6.07 Å². The highest BCUT2D eigenvalue weighted by Crippen LogP contribution is 2.33. The quantitative estimate of drug-likeness (QED) is 0.364. The number of non-ortho nitro benzene ring substituents is 1. The molecule has 2 unspecified atom stereocenters. The van der Waals surface area contributed by atoms with E-state index in [9.17, 15) is 10.1 Å². The maximum Gasteiger partial charge on any atom is 0.269 e. The van der Waals surface area contributed by atoms with Crippen LogP contribution in [0.2, 0.25) is 0 Å². The van der Waals surface area contributed by atoms with E-state index in [4.69, 9.17) is 4.74 Å². The van der Waals surface area contributed by atoms with Crippen LogP contribution < -0.4 is 10.6 Å². The number of benzene rings is 1. The zero-order valence-electron chi connectivity index (χ0n) is 16.1. The Balaban J connectivity index is 1.89. The maximum atomic E-state index is 10.9. The van der Waals surface area contributed by atoms with Gasteiger partial charge in [-0.3, -0.25) is 15.1 Å². The van der Waals surface area contributed by atoms with Gasteiger partial charge in [0.05, 0.1) is 11.0 Å². The fourth-order valence-corrected chi connectivity index (χ4v) is 3.42. The molecule has 0 bridgehead atoms. The molecule has 26 heavy (non-hydrogen) atoms. The third-order valence-corrected chi connectivity index (χ3v) is 4.64. The Morgan fingerprint density at radius 1 is 1.38 bits per heavy atom.